The van der Waals surface area contributed by atoms with Gasteiger partial charge in [-0.05, 0) is 51.1 Å². The molecule has 0 amide bonds. The summed E-state index contributed by atoms with van der Waals surface area (Å²) in [6.07, 6.45) is 3.80. The Hall–Kier alpha value is -0.0800. The molecule has 19 heavy (non-hydrogen) atoms. The van der Waals surface area contributed by atoms with Crippen LogP contribution in [0.1, 0.15) is 67.7 Å². The normalized spacial score (nSPS) is 25.1. The Morgan fingerprint density at radius 1 is 1.21 bits per heavy atom. The predicted molar refractivity (Wildman–Crippen MR) is 85.6 cm³/mol. The summed E-state index contributed by atoms with van der Waals surface area (Å²) in [7, 11) is 0. The van der Waals surface area contributed by atoms with E-state index < -0.39 is 0 Å². The molecule has 2 nitrogen and oxygen atoms in total. The zero-order valence-corrected chi connectivity index (χ0v) is 14.3. The third kappa shape index (κ3) is 5.43. The van der Waals surface area contributed by atoms with Gasteiger partial charge in [0.25, 0.3) is 0 Å². The molecule has 0 aliphatic carbocycles. The van der Waals surface area contributed by atoms with Crippen molar-refractivity contribution >= 4 is 0 Å². The topological polar surface area (TPSA) is 15.3 Å². The van der Waals surface area contributed by atoms with Gasteiger partial charge in [0.1, 0.15) is 0 Å². The second-order valence-electron chi connectivity index (χ2n) is 8.30. The lowest BCUT2D eigenvalue weighted by Gasteiger charge is -2.43. The summed E-state index contributed by atoms with van der Waals surface area (Å²) >= 11 is 0. The van der Waals surface area contributed by atoms with Crippen molar-refractivity contribution in [2.45, 2.75) is 79.3 Å². The first-order chi connectivity index (χ1) is 8.65. The van der Waals surface area contributed by atoms with Gasteiger partial charge in [-0.3, -0.25) is 4.90 Å². The molecule has 0 aromatic heterocycles. The minimum Gasteiger partial charge on any atom is -0.312 e. The Morgan fingerprint density at radius 2 is 1.84 bits per heavy atom. The van der Waals surface area contributed by atoms with E-state index in [1.165, 1.54) is 38.9 Å². The molecular formula is C17H36N2. The van der Waals surface area contributed by atoms with Crippen molar-refractivity contribution in [2.75, 3.05) is 19.6 Å². The number of rotatable bonds is 4. The number of nitrogens with zero attached hydrogens (tertiary/aromatic N) is 1. The van der Waals surface area contributed by atoms with Crippen molar-refractivity contribution in [3.8, 4) is 0 Å². The third-order valence-corrected chi connectivity index (χ3v) is 4.58. The van der Waals surface area contributed by atoms with Crippen LogP contribution in [0, 0.1) is 11.3 Å². The molecule has 1 fully saturated rings. The second-order valence-corrected chi connectivity index (χ2v) is 8.30. The van der Waals surface area contributed by atoms with E-state index in [-0.39, 0.29) is 0 Å². The van der Waals surface area contributed by atoms with Crippen LogP contribution in [-0.4, -0.2) is 36.1 Å². The maximum Gasteiger partial charge on any atom is 0.0220 e. The minimum absolute atomic E-state index is 0.302. The highest BCUT2D eigenvalue weighted by atomic mass is 15.2. The average Bonchev–Trinajstić information content (AvgIpc) is 2.50. The van der Waals surface area contributed by atoms with E-state index in [0.717, 1.165) is 5.92 Å². The minimum atomic E-state index is 0.302. The quantitative estimate of drug-likeness (QED) is 0.831. The molecular weight excluding hydrogens is 232 g/mol. The molecule has 1 N–H and O–H groups in total. The lowest BCUT2D eigenvalue weighted by atomic mass is 9.80. The van der Waals surface area contributed by atoms with Crippen LogP contribution in [0.25, 0.3) is 0 Å². The first kappa shape index (κ1) is 17.0. The van der Waals surface area contributed by atoms with Gasteiger partial charge in [0, 0.05) is 18.1 Å². The van der Waals surface area contributed by atoms with E-state index in [2.05, 4.69) is 58.7 Å². The van der Waals surface area contributed by atoms with Gasteiger partial charge in [0.05, 0.1) is 0 Å². The van der Waals surface area contributed by atoms with E-state index in [1.54, 1.807) is 0 Å². The van der Waals surface area contributed by atoms with Gasteiger partial charge in [-0.15, -0.1) is 0 Å². The van der Waals surface area contributed by atoms with E-state index >= 15 is 0 Å². The lowest BCUT2D eigenvalue weighted by molar-refractivity contribution is 0.0698. The van der Waals surface area contributed by atoms with Crippen LogP contribution < -0.4 is 5.32 Å². The van der Waals surface area contributed by atoms with Crippen molar-refractivity contribution in [2.24, 2.45) is 11.3 Å². The van der Waals surface area contributed by atoms with Crippen LogP contribution in [0.2, 0.25) is 0 Å². The van der Waals surface area contributed by atoms with Gasteiger partial charge < -0.3 is 5.32 Å². The summed E-state index contributed by atoms with van der Waals surface area (Å²) in [5.41, 5.74) is 0.699. The van der Waals surface area contributed by atoms with E-state index in [4.69, 9.17) is 0 Å². The average molecular weight is 268 g/mol. The summed E-state index contributed by atoms with van der Waals surface area (Å²) in [4.78, 5) is 2.73. The van der Waals surface area contributed by atoms with Gasteiger partial charge >= 0.3 is 0 Å². The smallest absolute Gasteiger partial charge is 0.0220 e. The zero-order valence-electron chi connectivity index (χ0n) is 14.3. The second kappa shape index (κ2) is 6.58. The molecule has 1 saturated heterocycles. The molecule has 0 aromatic rings. The maximum atomic E-state index is 3.76. The highest BCUT2D eigenvalue weighted by Crippen LogP contribution is 2.32. The Kier molecular flexibility index (Phi) is 5.88. The molecule has 1 aliphatic rings. The summed E-state index contributed by atoms with van der Waals surface area (Å²) in [5, 5.41) is 3.76. The van der Waals surface area contributed by atoms with Gasteiger partial charge in [-0.1, -0.05) is 41.0 Å². The molecule has 0 bridgehead atoms. The molecule has 0 aromatic carbocycles. The molecule has 0 spiro atoms. The van der Waals surface area contributed by atoms with Crippen LogP contribution >= 0.6 is 0 Å². The first-order valence-corrected chi connectivity index (χ1v) is 8.14. The molecule has 2 atom stereocenters. The van der Waals surface area contributed by atoms with Crippen molar-refractivity contribution in [3.05, 3.63) is 0 Å². The fourth-order valence-electron chi connectivity index (χ4n) is 3.58. The van der Waals surface area contributed by atoms with Crippen molar-refractivity contribution in [1.82, 2.24) is 10.2 Å². The zero-order chi connectivity index (χ0) is 14.7. The molecule has 114 valence electrons. The predicted octanol–water partition coefficient (Wildman–Crippen LogP) is 3.91. The van der Waals surface area contributed by atoms with Crippen LogP contribution in [-0.2, 0) is 0 Å². The Bertz CT molecular complexity index is 265. The summed E-state index contributed by atoms with van der Waals surface area (Å²) in [6.45, 7) is 20.2. The largest absolute Gasteiger partial charge is 0.312 e. The van der Waals surface area contributed by atoms with Crippen molar-refractivity contribution in [3.63, 3.8) is 0 Å². The summed E-state index contributed by atoms with van der Waals surface area (Å²) in [6, 6.07) is 0.659. The Balaban J connectivity index is 2.74. The number of hydrogen-bond acceptors (Lipinski definition) is 2. The van der Waals surface area contributed by atoms with Crippen molar-refractivity contribution in [1.29, 1.82) is 0 Å². The molecule has 1 aliphatic heterocycles. The fraction of sp³-hybridized carbons (Fsp3) is 1.00. The monoisotopic (exact) mass is 268 g/mol. The summed E-state index contributed by atoms with van der Waals surface area (Å²) in [5.74, 6) is 0.769. The van der Waals surface area contributed by atoms with E-state index in [0.29, 0.717) is 17.0 Å². The maximum absolute atomic E-state index is 3.76. The summed E-state index contributed by atoms with van der Waals surface area (Å²) < 4.78 is 0. The molecule has 2 unspecified atom stereocenters. The molecule has 1 heterocycles. The van der Waals surface area contributed by atoms with Gasteiger partial charge in [0.2, 0.25) is 0 Å². The number of hydrogen-bond donors (Lipinski definition) is 1. The van der Waals surface area contributed by atoms with E-state index in [9.17, 15) is 0 Å². The number of nitrogens with one attached hydrogen (secondary N) is 1. The van der Waals surface area contributed by atoms with Crippen LogP contribution in [0.5, 0.6) is 0 Å². The SMILES string of the molecule is CCC(C)C1CN(C(C)(C)CC(C)(C)C)CCCN1. The van der Waals surface area contributed by atoms with Gasteiger partial charge in [-0.25, -0.2) is 0 Å². The van der Waals surface area contributed by atoms with Gasteiger partial charge in [-0.2, -0.15) is 0 Å². The van der Waals surface area contributed by atoms with Gasteiger partial charge in [0.15, 0.2) is 0 Å². The standard InChI is InChI=1S/C17H36N2/c1-8-14(2)15-12-19(11-9-10-18-15)17(6,7)13-16(3,4)5/h14-15,18H,8-13H2,1-7H3. The lowest BCUT2D eigenvalue weighted by Crippen LogP contribution is -2.51. The van der Waals surface area contributed by atoms with E-state index in [1.807, 2.05) is 0 Å². The molecule has 0 radical (unpaired) electrons. The van der Waals surface area contributed by atoms with Crippen LogP contribution in [0.3, 0.4) is 0 Å². The highest BCUT2D eigenvalue weighted by molar-refractivity contribution is 4.91. The third-order valence-electron chi connectivity index (χ3n) is 4.58. The van der Waals surface area contributed by atoms with Crippen LogP contribution in [0.4, 0.5) is 0 Å². The molecule has 0 saturated carbocycles. The van der Waals surface area contributed by atoms with Crippen molar-refractivity contribution < 1.29 is 0 Å². The Morgan fingerprint density at radius 3 is 2.37 bits per heavy atom. The molecule has 1 rings (SSSR count). The molecule has 2 heteroatoms. The fourth-order valence-corrected chi connectivity index (χ4v) is 3.58. The van der Waals surface area contributed by atoms with Crippen LogP contribution in [0.15, 0.2) is 0 Å². The Labute approximate surface area is 121 Å². The first-order valence-electron chi connectivity index (χ1n) is 8.14. The highest BCUT2D eigenvalue weighted by Gasteiger charge is 2.34.